The molecule has 0 saturated carbocycles. The van der Waals surface area contributed by atoms with Gasteiger partial charge in [0.1, 0.15) is 5.82 Å². The largest absolute Gasteiger partial charge is 0.357 e. The molecule has 0 amide bonds. The van der Waals surface area contributed by atoms with Gasteiger partial charge in [-0.2, -0.15) is 4.39 Å². The molecule has 0 spiro atoms. The molecular formula is C12H15FN2. The fraction of sp³-hybridized carbons (Fsp3) is 0.417. The van der Waals surface area contributed by atoms with Gasteiger partial charge in [0.25, 0.3) is 0 Å². The number of halogens is 1. The zero-order chi connectivity index (χ0) is 10.7. The molecule has 1 aliphatic heterocycles. The second kappa shape index (κ2) is 4.43. The molecule has 1 aromatic heterocycles. The van der Waals surface area contributed by atoms with Crippen LogP contribution in [0.1, 0.15) is 18.4 Å². The first-order valence-corrected chi connectivity index (χ1v) is 5.32. The molecule has 80 valence electrons. The smallest absolute Gasteiger partial charge is 0.218 e. The predicted octanol–water partition coefficient (Wildman–Crippen LogP) is 2.55. The highest BCUT2D eigenvalue weighted by atomic mass is 19.1. The van der Waals surface area contributed by atoms with Gasteiger partial charge in [-0.25, -0.2) is 4.98 Å². The Hall–Kier alpha value is -1.38. The molecule has 0 unspecified atom stereocenters. The SMILES string of the molecule is C=CCc1ccc(N2CCCC2)nc1F. The first-order valence-electron chi connectivity index (χ1n) is 5.32. The third-order valence-electron chi connectivity index (χ3n) is 2.71. The van der Waals surface area contributed by atoms with Crippen LogP contribution in [0.4, 0.5) is 10.2 Å². The molecule has 3 heteroatoms. The van der Waals surface area contributed by atoms with Crippen LogP contribution in [0.5, 0.6) is 0 Å². The first kappa shape index (κ1) is 10.1. The molecule has 2 nitrogen and oxygen atoms in total. The van der Waals surface area contributed by atoms with E-state index in [2.05, 4.69) is 16.5 Å². The maximum atomic E-state index is 13.5. The molecule has 0 bridgehead atoms. The van der Waals surface area contributed by atoms with Gasteiger partial charge in [0.2, 0.25) is 5.95 Å². The summed E-state index contributed by atoms with van der Waals surface area (Å²) < 4.78 is 13.5. The van der Waals surface area contributed by atoms with Crippen molar-refractivity contribution in [3.63, 3.8) is 0 Å². The van der Waals surface area contributed by atoms with Crippen LogP contribution in [0.25, 0.3) is 0 Å². The third-order valence-corrected chi connectivity index (χ3v) is 2.71. The first-order chi connectivity index (χ1) is 7.31. The number of hydrogen-bond acceptors (Lipinski definition) is 2. The van der Waals surface area contributed by atoms with E-state index in [0.29, 0.717) is 12.0 Å². The predicted molar refractivity (Wildman–Crippen MR) is 59.5 cm³/mol. The van der Waals surface area contributed by atoms with E-state index < -0.39 is 0 Å². The molecule has 1 saturated heterocycles. The second-order valence-electron chi connectivity index (χ2n) is 3.81. The molecule has 2 rings (SSSR count). The summed E-state index contributed by atoms with van der Waals surface area (Å²) in [6, 6.07) is 3.70. The Morgan fingerprint density at radius 2 is 2.13 bits per heavy atom. The average Bonchev–Trinajstić information content (AvgIpc) is 2.74. The number of pyridine rings is 1. The van der Waals surface area contributed by atoms with Gasteiger partial charge in [0, 0.05) is 18.7 Å². The highest BCUT2D eigenvalue weighted by molar-refractivity contribution is 5.40. The van der Waals surface area contributed by atoms with Gasteiger partial charge in [-0.15, -0.1) is 6.58 Å². The standard InChI is InChI=1S/C12H15FN2/c1-2-5-10-6-7-11(14-12(10)13)15-8-3-4-9-15/h2,6-7H,1,3-5,8-9H2. The van der Waals surface area contributed by atoms with E-state index in [1.54, 1.807) is 12.1 Å². The van der Waals surface area contributed by atoms with Crippen molar-refractivity contribution in [3.05, 3.63) is 36.3 Å². The zero-order valence-corrected chi connectivity index (χ0v) is 8.75. The Kier molecular flexibility index (Phi) is 2.99. The van der Waals surface area contributed by atoms with E-state index in [0.717, 1.165) is 18.9 Å². The van der Waals surface area contributed by atoms with Crippen LogP contribution in [0.3, 0.4) is 0 Å². The number of allylic oxidation sites excluding steroid dienone is 1. The van der Waals surface area contributed by atoms with Gasteiger partial charge in [0.15, 0.2) is 0 Å². The van der Waals surface area contributed by atoms with Gasteiger partial charge in [-0.05, 0) is 25.3 Å². The van der Waals surface area contributed by atoms with E-state index >= 15 is 0 Å². The molecule has 1 aliphatic rings. The summed E-state index contributed by atoms with van der Waals surface area (Å²) in [5.41, 5.74) is 0.618. The number of rotatable bonds is 3. The van der Waals surface area contributed by atoms with Gasteiger partial charge in [-0.1, -0.05) is 12.1 Å². The Bertz CT molecular complexity index is 357. The van der Waals surface area contributed by atoms with E-state index in [1.165, 1.54) is 12.8 Å². The average molecular weight is 206 g/mol. The van der Waals surface area contributed by atoms with Gasteiger partial charge in [0.05, 0.1) is 0 Å². The second-order valence-corrected chi connectivity index (χ2v) is 3.81. The highest BCUT2D eigenvalue weighted by Gasteiger charge is 2.14. The van der Waals surface area contributed by atoms with Crippen molar-refractivity contribution >= 4 is 5.82 Å². The summed E-state index contributed by atoms with van der Waals surface area (Å²) in [5.74, 6) is 0.400. The minimum absolute atomic E-state index is 0.362. The summed E-state index contributed by atoms with van der Waals surface area (Å²) >= 11 is 0. The minimum Gasteiger partial charge on any atom is -0.357 e. The molecule has 1 fully saturated rings. The van der Waals surface area contributed by atoms with Crippen LogP contribution in [0.15, 0.2) is 24.8 Å². The minimum atomic E-state index is -0.362. The fourth-order valence-electron chi connectivity index (χ4n) is 1.88. The van der Waals surface area contributed by atoms with Crippen molar-refractivity contribution in [2.45, 2.75) is 19.3 Å². The lowest BCUT2D eigenvalue weighted by Gasteiger charge is -2.16. The normalized spacial score (nSPS) is 15.7. The van der Waals surface area contributed by atoms with Crippen molar-refractivity contribution in [2.24, 2.45) is 0 Å². The lowest BCUT2D eigenvalue weighted by Crippen LogP contribution is -2.19. The van der Waals surface area contributed by atoms with Crippen molar-refractivity contribution in [2.75, 3.05) is 18.0 Å². The van der Waals surface area contributed by atoms with E-state index in [-0.39, 0.29) is 5.95 Å². The lowest BCUT2D eigenvalue weighted by atomic mass is 10.2. The highest BCUT2D eigenvalue weighted by Crippen LogP contribution is 2.19. The summed E-state index contributed by atoms with van der Waals surface area (Å²) in [7, 11) is 0. The van der Waals surface area contributed by atoms with Crippen LogP contribution in [0, 0.1) is 5.95 Å². The van der Waals surface area contributed by atoms with Gasteiger partial charge >= 0.3 is 0 Å². The Balaban J connectivity index is 2.20. The lowest BCUT2D eigenvalue weighted by molar-refractivity contribution is 0.569. The molecule has 1 aromatic rings. The third kappa shape index (κ3) is 2.17. The van der Waals surface area contributed by atoms with Crippen LogP contribution in [-0.2, 0) is 6.42 Å². The van der Waals surface area contributed by atoms with Crippen LogP contribution >= 0.6 is 0 Å². The van der Waals surface area contributed by atoms with Crippen LogP contribution < -0.4 is 4.90 Å². The molecule has 0 N–H and O–H groups in total. The van der Waals surface area contributed by atoms with Crippen molar-refractivity contribution in [1.82, 2.24) is 4.98 Å². The summed E-state index contributed by atoms with van der Waals surface area (Å²) in [5, 5.41) is 0. The molecule has 2 heterocycles. The van der Waals surface area contributed by atoms with Crippen LogP contribution in [0.2, 0.25) is 0 Å². The molecule has 15 heavy (non-hydrogen) atoms. The van der Waals surface area contributed by atoms with E-state index in [9.17, 15) is 4.39 Å². The molecule has 0 radical (unpaired) electrons. The Labute approximate surface area is 89.4 Å². The number of aromatic nitrogens is 1. The summed E-state index contributed by atoms with van der Waals surface area (Å²) in [4.78, 5) is 6.11. The van der Waals surface area contributed by atoms with Crippen molar-refractivity contribution < 1.29 is 4.39 Å². The Morgan fingerprint density at radius 3 is 2.73 bits per heavy atom. The molecule has 0 aromatic carbocycles. The van der Waals surface area contributed by atoms with Crippen molar-refractivity contribution in [3.8, 4) is 0 Å². The van der Waals surface area contributed by atoms with Crippen LogP contribution in [-0.4, -0.2) is 18.1 Å². The Morgan fingerprint density at radius 1 is 1.40 bits per heavy atom. The maximum Gasteiger partial charge on any atom is 0.218 e. The summed E-state index contributed by atoms with van der Waals surface area (Å²) in [6.45, 7) is 5.58. The molecule has 0 atom stereocenters. The van der Waals surface area contributed by atoms with E-state index in [1.807, 2.05) is 6.07 Å². The maximum absolute atomic E-state index is 13.5. The number of nitrogens with zero attached hydrogens (tertiary/aromatic N) is 2. The number of anilines is 1. The summed E-state index contributed by atoms with van der Waals surface area (Å²) in [6.07, 6.45) is 4.59. The topological polar surface area (TPSA) is 16.1 Å². The van der Waals surface area contributed by atoms with E-state index in [4.69, 9.17) is 0 Å². The molecule has 0 aliphatic carbocycles. The van der Waals surface area contributed by atoms with Gasteiger partial charge in [-0.3, -0.25) is 0 Å². The monoisotopic (exact) mass is 206 g/mol. The molecular weight excluding hydrogens is 191 g/mol. The van der Waals surface area contributed by atoms with Gasteiger partial charge < -0.3 is 4.90 Å². The zero-order valence-electron chi connectivity index (χ0n) is 8.75. The van der Waals surface area contributed by atoms with Crippen molar-refractivity contribution in [1.29, 1.82) is 0 Å². The fourth-order valence-corrected chi connectivity index (χ4v) is 1.88. The number of hydrogen-bond donors (Lipinski definition) is 0. The quantitative estimate of drug-likeness (QED) is 0.558.